The van der Waals surface area contributed by atoms with Crippen molar-refractivity contribution in [2.24, 2.45) is 0 Å². The van der Waals surface area contributed by atoms with Crippen LogP contribution in [0.4, 0.5) is 20.3 Å². The maximum absolute atomic E-state index is 13.1. The van der Waals surface area contributed by atoms with E-state index in [9.17, 15) is 8.78 Å². The van der Waals surface area contributed by atoms with Crippen LogP contribution in [0.15, 0.2) is 47.2 Å². The van der Waals surface area contributed by atoms with Crippen LogP contribution in [0.25, 0.3) is 22.4 Å². The van der Waals surface area contributed by atoms with Crippen molar-refractivity contribution in [3.63, 3.8) is 0 Å². The van der Waals surface area contributed by atoms with Gasteiger partial charge >= 0.3 is 51.4 Å². The van der Waals surface area contributed by atoms with Crippen molar-refractivity contribution >= 4 is 17.2 Å². The van der Waals surface area contributed by atoms with Crippen molar-refractivity contribution in [1.29, 1.82) is 0 Å². The summed E-state index contributed by atoms with van der Waals surface area (Å²) in [6.07, 6.45) is 3.10. The van der Waals surface area contributed by atoms with Crippen molar-refractivity contribution in [2.45, 2.75) is 38.5 Å². The second-order valence-corrected chi connectivity index (χ2v) is 7.67. The molecule has 0 amide bonds. The summed E-state index contributed by atoms with van der Waals surface area (Å²) in [5.74, 6) is 4.18. The molecule has 0 radical (unpaired) electrons. The van der Waals surface area contributed by atoms with E-state index < -0.39 is 5.92 Å². The maximum Gasteiger partial charge on any atom is 1.00 e. The molecule has 32 heavy (non-hydrogen) atoms. The van der Waals surface area contributed by atoms with Crippen molar-refractivity contribution in [3.05, 3.63) is 65.1 Å². The number of alkyl halides is 2. The Morgan fingerprint density at radius 1 is 1.22 bits per heavy atom. The minimum absolute atomic E-state index is 0. The summed E-state index contributed by atoms with van der Waals surface area (Å²) in [5.41, 5.74) is 4.06. The summed E-state index contributed by atoms with van der Waals surface area (Å²) in [4.78, 5) is 8.75. The topological polar surface area (TPSA) is 70.3 Å². The van der Waals surface area contributed by atoms with Crippen LogP contribution in [0.1, 0.15) is 42.7 Å². The maximum atomic E-state index is 13.1. The molecule has 0 atom stereocenters. The Morgan fingerprint density at radius 2 is 2.03 bits per heavy atom. The summed E-state index contributed by atoms with van der Waals surface area (Å²) >= 11 is 0. The molecule has 0 N–H and O–H groups in total. The Morgan fingerprint density at radius 3 is 2.78 bits per heavy atom. The van der Waals surface area contributed by atoms with Gasteiger partial charge in [0.15, 0.2) is 0 Å². The number of aromatic nitrogens is 4. The van der Waals surface area contributed by atoms with Gasteiger partial charge in [0.05, 0.1) is 5.65 Å². The van der Waals surface area contributed by atoms with Crippen LogP contribution in [0.3, 0.4) is 0 Å². The zero-order valence-electron chi connectivity index (χ0n) is 17.9. The Hall–Kier alpha value is -2.09. The van der Waals surface area contributed by atoms with Crippen LogP contribution in [0.5, 0.6) is 0 Å². The molecule has 5 rings (SSSR count). The third-order valence-electron chi connectivity index (χ3n) is 5.35. The molecule has 0 saturated heterocycles. The molecule has 1 fully saturated rings. The Kier molecular flexibility index (Phi) is 6.52. The van der Waals surface area contributed by atoms with E-state index in [1.807, 2.05) is 47.9 Å². The van der Waals surface area contributed by atoms with Crippen LogP contribution in [0.2, 0.25) is 0 Å². The standard InChI is InChI=1S/C23H18F2N5O.K/c1-3-4-15-7-8-30-19(9-15)26-13-20(30)27-18-10-16(6-5-14(18)2)21-28-22(31-29-21)17-11-23(24,25)12-17;/h5-10,13,17H,11-12H2,1-2H3;/q-1;+1. The molecule has 1 aliphatic carbocycles. The van der Waals surface area contributed by atoms with Gasteiger partial charge in [-0.15, -0.1) is 5.92 Å². The van der Waals surface area contributed by atoms with E-state index in [4.69, 9.17) is 9.84 Å². The Labute approximate surface area is 226 Å². The van der Waals surface area contributed by atoms with E-state index in [-0.39, 0.29) is 76.0 Å². The van der Waals surface area contributed by atoms with E-state index >= 15 is 0 Å². The van der Waals surface area contributed by atoms with Crippen LogP contribution in [-0.4, -0.2) is 25.4 Å². The Bertz CT molecular complexity index is 1340. The average molecular weight is 458 g/mol. The fraction of sp³-hybridized carbons (Fsp3) is 0.261. The molecule has 0 aliphatic heterocycles. The second kappa shape index (κ2) is 9.04. The zero-order chi connectivity index (χ0) is 21.6. The molecule has 9 heteroatoms. The number of hydrogen-bond donors (Lipinski definition) is 0. The van der Waals surface area contributed by atoms with E-state index in [1.54, 1.807) is 13.1 Å². The molecule has 1 saturated carbocycles. The van der Waals surface area contributed by atoms with Crippen LogP contribution >= 0.6 is 0 Å². The fourth-order valence-electron chi connectivity index (χ4n) is 3.62. The predicted molar refractivity (Wildman–Crippen MR) is 112 cm³/mol. The van der Waals surface area contributed by atoms with Gasteiger partial charge in [-0.05, 0) is 43.0 Å². The number of pyridine rings is 1. The quantitative estimate of drug-likeness (QED) is 0.349. The van der Waals surface area contributed by atoms with Gasteiger partial charge in [-0.2, -0.15) is 4.98 Å². The molecule has 0 bridgehead atoms. The smallest absolute Gasteiger partial charge is 0.434 e. The van der Waals surface area contributed by atoms with E-state index in [0.29, 0.717) is 17.2 Å². The molecule has 0 spiro atoms. The molecule has 0 unspecified atom stereocenters. The van der Waals surface area contributed by atoms with Gasteiger partial charge in [0.25, 0.3) is 0 Å². The molecular weight excluding hydrogens is 439 g/mol. The van der Waals surface area contributed by atoms with Crippen LogP contribution < -0.4 is 51.4 Å². The molecular formula is C23H18F2KN5O. The number of hydrogen-bond acceptors (Lipinski definition) is 4. The summed E-state index contributed by atoms with van der Waals surface area (Å²) in [6.45, 7) is 3.75. The molecule has 6 nitrogen and oxygen atoms in total. The summed E-state index contributed by atoms with van der Waals surface area (Å²) in [7, 11) is 0. The van der Waals surface area contributed by atoms with Crippen molar-refractivity contribution < 1.29 is 64.7 Å². The third kappa shape index (κ3) is 4.51. The van der Waals surface area contributed by atoms with Crippen molar-refractivity contribution in [2.75, 3.05) is 0 Å². The van der Waals surface area contributed by atoms with Gasteiger partial charge < -0.3 is 14.2 Å². The monoisotopic (exact) mass is 457 g/mol. The average Bonchev–Trinajstić information content (AvgIpc) is 3.35. The third-order valence-corrected chi connectivity index (χ3v) is 5.35. The van der Waals surface area contributed by atoms with Gasteiger partial charge in [-0.1, -0.05) is 35.5 Å². The predicted octanol–water partition coefficient (Wildman–Crippen LogP) is 2.92. The SMILES string of the molecule is CC#Cc1ccn2c([N-]c3cc(-c4noc(C5CC(F)(F)C5)n4)ccc3C)cnc2c1.[K+]. The minimum Gasteiger partial charge on any atom is -0.434 e. The first-order chi connectivity index (χ1) is 14.9. The summed E-state index contributed by atoms with van der Waals surface area (Å²) < 4.78 is 33.4. The minimum atomic E-state index is -2.63. The Balaban J connectivity index is 0.00000245. The number of halogens is 2. The number of nitrogens with zero attached hydrogens (tertiary/aromatic N) is 5. The summed E-state index contributed by atoms with van der Waals surface area (Å²) in [5, 5.41) is 8.74. The van der Waals surface area contributed by atoms with Gasteiger partial charge in [0, 0.05) is 36.1 Å². The van der Waals surface area contributed by atoms with Gasteiger partial charge in [-0.3, -0.25) is 4.98 Å². The normalized spacial score (nSPS) is 14.9. The van der Waals surface area contributed by atoms with Crippen molar-refractivity contribution in [3.8, 4) is 23.2 Å². The molecule has 156 valence electrons. The van der Waals surface area contributed by atoms with Crippen LogP contribution in [-0.2, 0) is 0 Å². The second-order valence-electron chi connectivity index (χ2n) is 7.67. The van der Waals surface area contributed by atoms with Crippen LogP contribution in [0, 0.1) is 18.8 Å². The molecule has 1 aromatic carbocycles. The van der Waals surface area contributed by atoms with Gasteiger partial charge in [0.2, 0.25) is 17.6 Å². The fourth-order valence-corrected chi connectivity index (χ4v) is 3.62. The summed E-state index contributed by atoms with van der Waals surface area (Å²) in [6, 6.07) is 9.46. The number of benzene rings is 1. The molecule has 3 heterocycles. The van der Waals surface area contributed by atoms with E-state index in [0.717, 1.165) is 22.5 Å². The van der Waals surface area contributed by atoms with Crippen molar-refractivity contribution in [1.82, 2.24) is 19.5 Å². The first kappa shape index (κ1) is 23.1. The number of aryl methyl sites for hydroxylation is 1. The first-order valence-corrected chi connectivity index (χ1v) is 9.86. The number of imidazole rings is 1. The van der Waals surface area contributed by atoms with Gasteiger partial charge in [-0.25, -0.2) is 8.78 Å². The van der Waals surface area contributed by atoms with Gasteiger partial charge in [0.1, 0.15) is 0 Å². The van der Waals surface area contributed by atoms with E-state index in [1.165, 1.54) is 0 Å². The molecule has 4 aromatic rings. The molecule has 3 aromatic heterocycles. The number of rotatable bonds is 4. The zero-order valence-corrected chi connectivity index (χ0v) is 21.1. The number of fused-ring (bicyclic) bond motifs is 1. The largest absolute Gasteiger partial charge is 1.00 e. The first-order valence-electron chi connectivity index (χ1n) is 9.86. The van der Waals surface area contributed by atoms with E-state index in [2.05, 4.69) is 27.0 Å². The molecule has 1 aliphatic rings.